The Morgan fingerprint density at radius 3 is 2.71 bits per heavy atom. The van der Waals surface area contributed by atoms with Crippen LogP contribution < -0.4 is 16.0 Å². The van der Waals surface area contributed by atoms with E-state index in [9.17, 15) is 18.8 Å². The lowest BCUT2D eigenvalue weighted by Crippen LogP contribution is -2.43. The van der Waals surface area contributed by atoms with Gasteiger partial charge in [0.2, 0.25) is 5.91 Å². The highest BCUT2D eigenvalue weighted by Crippen LogP contribution is 2.40. The number of benzene rings is 2. The second kappa shape index (κ2) is 8.79. The maximum absolute atomic E-state index is 14.2. The van der Waals surface area contributed by atoms with Gasteiger partial charge in [-0.2, -0.15) is 4.37 Å². The highest BCUT2D eigenvalue weighted by molar-refractivity contribution is 7.13. The molecule has 1 aliphatic heterocycles. The van der Waals surface area contributed by atoms with E-state index in [4.69, 9.17) is 11.6 Å². The fourth-order valence-corrected chi connectivity index (χ4v) is 5.30. The lowest BCUT2D eigenvalue weighted by molar-refractivity contribution is -0.125. The molecule has 11 heteroatoms. The minimum atomic E-state index is -0.914. The van der Waals surface area contributed by atoms with Crippen LogP contribution in [0, 0.1) is 5.82 Å². The van der Waals surface area contributed by atoms with Gasteiger partial charge in [-0.15, -0.1) is 0 Å². The van der Waals surface area contributed by atoms with E-state index >= 15 is 0 Å². The van der Waals surface area contributed by atoms with Gasteiger partial charge in [0.15, 0.2) is 0 Å². The number of amides is 3. The highest BCUT2D eigenvalue weighted by Gasteiger charge is 2.38. The van der Waals surface area contributed by atoms with Crippen molar-refractivity contribution in [3.8, 4) is 0 Å². The summed E-state index contributed by atoms with van der Waals surface area (Å²) >= 11 is 7.58. The molecule has 2 unspecified atom stereocenters. The first-order valence-corrected chi connectivity index (χ1v) is 11.8. The molecule has 2 aromatic heterocycles. The first-order valence-electron chi connectivity index (χ1n) is 10.7. The molecule has 4 aromatic rings. The maximum atomic E-state index is 14.2. The topological polar surface area (TPSA) is 105 Å². The highest BCUT2D eigenvalue weighted by atomic mass is 35.5. The van der Waals surface area contributed by atoms with Crippen LogP contribution in [0.25, 0.3) is 10.1 Å². The Hall–Kier alpha value is -3.76. The minimum absolute atomic E-state index is 0.167. The summed E-state index contributed by atoms with van der Waals surface area (Å²) in [7, 11) is 1.47. The lowest BCUT2D eigenvalue weighted by atomic mass is 9.99. The molecule has 1 aliphatic rings. The summed E-state index contributed by atoms with van der Waals surface area (Å²) in [5, 5.41) is 9.18. The Morgan fingerprint density at radius 2 is 1.94 bits per heavy atom. The smallest absolute Gasteiger partial charge is 0.276 e. The molecule has 0 spiro atoms. The molecule has 178 valence electrons. The number of carbonyl (C=O) groups excluding carboxylic acids is 3. The fraction of sp³-hybridized carbons (Fsp3) is 0.167. The Morgan fingerprint density at radius 1 is 1.17 bits per heavy atom. The van der Waals surface area contributed by atoms with Crippen LogP contribution in [0.2, 0.25) is 5.02 Å². The molecule has 3 amide bonds. The number of halogens is 2. The van der Waals surface area contributed by atoms with E-state index in [0.717, 1.165) is 4.70 Å². The molecule has 0 saturated heterocycles. The summed E-state index contributed by atoms with van der Waals surface area (Å²) < 4.78 is 20.9. The van der Waals surface area contributed by atoms with Crippen LogP contribution in [0.1, 0.15) is 51.2 Å². The molecule has 0 aliphatic carbocycles. The molecular weight excluding hydrogens is 493 g/mol. The number of hydrogen-bond acceptors (Lipinski definition) is 5. The maximum Gasteiger partial charge on any atom is 0.276 e. The average molecular weight is 512 g/mol. The molecule has 2 aromatic carbocycles. The normalized spacial score (nSPS) is 17.1. The van der Waals surface area contributed by atoms with Crippen molar-refractivity contribution in [2.45, 2.75) is 19.0 Å². The predicted octanol–water partition coefficient (Wildman–Crippen LogP) is 4.28. The zero-order valence-corrected chi connectivity index (χ0v) is 20.1. The van der Waals surface area contributed by atoms with Gasteiger partial charge in [0.05, 0.1) is 22.1 Å². The second-order valence-corrected chi connectivity index (χ2v) is 9.25. The summed E-state index contributed by atoms with van der Waals surface area (Å²) in [6, 6.07) is 11.0. The van der Waals surface area contributed by atoms with E-state index < -0.39 is 29.7 Å². The molecule has 3 heterocycles. The number of nitrogens with zero attached hydrogens (tertiary/aromatic N) is 2. The van der Waals surface area contributed by atoms with Crippen molar-refractivity contribution >= 4 is 56.6 Å². The van der Waals surface area contributed by atoms with E-state index in [0.29, 0.717) is 16.6 Å². The van der Waals surface area contributed by atoms with Gasteiger partial charge in [0.25, 0.3) is 11.8 Å². The molecule has 2 atom stereocenters. The zero-order chi connectivity index (χ0) is 24.9. The number of hydrogen-bond donors (Lipinski definition) is 3. The lowest BCUT2D eigenvalue weighted by Gasteiger charge is -2.32. The molecule has 8 nitrogen and oxygen atoms in total. The van der Waals surface area contributed by atoms with Crippen LogP contribution in [0.3, 0.4) is 0 Å². The van der Waals surface area contributed by atoms with Gasteiger partial charge in [-0.25, -0.2) is 4.39 Å². The fourth-order valence-electron chi connectivity index (χ4n) is 4.30. The third-order valence-electron chi connectivity index (χ3n) is 5.97. The number of anilines is 1. The molecule has 5 rings (SSSR count). The standard InChI is InChI=1S/C24H19ClFN5O3S/c1-11-22(32)29-19(14-9-12(26)7-8-15(14)25)21-16(10-17(31(11)21)23(33)27-2)28-24(34)20-13-5-3-4-6-18(13)35-30-20/h3-11,19H,1-2H3,(H,27,33)(H,28,34)(H,29,32). The van der Waals surface area contributed by atoms with Crippen LogP contribution in [-0.4, -0.2) is 33.7 Å². The van der Waals surface area contributed by atoms with Gasteiger partial charge >= 0.3 is 0 Å². The van der Waals surface area contributed by atoms with Crippen molar-refractivity contribution < 1.29 is 18.8 Å². The van der Waals surface area contributed by atoms with Crippen LogP contribution in [0.5, 0.6) is 0 Å². The van der Waals surface area contributed by atoms with Crippen LogP contribution in [0.4, 0.5) is 10.1 Å². The van der Waals surface area contributed by atoms with Crippen molar-refractivity contribution in [3.05, 3.63) is 82.0 Å². The van der Waals surface area contributed by atoms with Crippen molar-refractivity contribution in [2.24, 2.45) is 0 Å². The Bertz CT molecular complexity index is 1510. The first-order chi connectivity index (χ1) is 16.8. The summed E-state index contributed by atoms with van der Waals surface area (Å²) in [6.45, 7) is 1.63. The summed E-state index contributed by atoms with van der Waals surface area (Å²) in [6.07, 6.45) is 0. The van der Waals surface area contributed by atoms with E-state index in [1.807, 2.05) is 18.2 Å². The molecule has 0 bridgehead atoms. The van der Waals surface area contributed by atoms with E-state index in [2.05, 4.69) is 20.3 Å². The molecular formula is C24H19ClFN5O3S. The first kappa shape index (κ1) is 23.0. The van der Waals surface area contributed by atoms with Crippen molar-refractivity contribution in [1.29, 1.82) is 0 Å². The molecule has 0 radical (unpaired) electrons. The predicted molar refractivity (Wildman–Crippen MR) is 132 cm³/mol. The van der Waals surface area contributed by atoms with Gasteiger partial charge in [0.1, 0.15) is 23.2 Å². The van der Waals surface area contributed by atoms with Gasteiger partial charge in [-0.05, 0) is 48.8 Å². The number of carbonyl (C=O) groups is 3. The molecule has 35 heavy (non-hydrogen) atoms. The SMILES string of the molecule is CNC(=O)c1cc(NC(=O)c2nsc3ccccc23)c2n1C(C)C(=O)NC2c1cc(F)ccc1Cl. The third kappa shape index (κ3) is 3.84. The van der Waals surface area contributed by atoms with Gasteiger partial charge in [-0.3, -0.25) is 14.4 Å². The zero-order valence-electron chi connectivity index (χ0n) is 18.6. The number of fused-ring (bicyclic) bond motifs is 2. The molecule has 0 saturated carbocycles. The number of rotatable bonds is 4. The van der Waals surface area contributed by atoms with E-state index in [1.54, 1.807) is 17.6 Å². The Kier molecular flexibility index (Phi) is 5.78. The summed E-state index contributed by atoms with van der Waals surface area (Å²) in [5.41, 5.74) is 1.38. The van der Waals surface area contributed by atoms with Gasteiger partial charge in [0, 0.05) is 23.0 Å². The second-order valence-electron chi connectivity index (χ2n) is 8.04. The van der Waals surface area contributed by atoms with E-state index in [1.165, 1.54) is 42.8 Å². The van der Waals surface area contributed by atoms with Crippen molar-refractivity contribution in [3.63, 3.8) is 0 Å². The molecule has 3 N–H and O–H groups in total. The van der Waals surface area contributed by atoms with Crippen LogP contribution in [-0.2, 0) is 4.79 Å². The largest absolute Gasteiger partial charge is 0.354 e. The van der Waals surface area contributed by atoms with Crippen molar-refractivity contribution in [1.82, 2.24) is 19.6 Å². The van der Waals surface area contributed by atoms with Crippen LogP contribution in [0.15, 0.2) is 48.5 Å². The number of aromatic nitrogens is 2. The Labute approximate surface area is 208 Å². The molecule has 0 fully saturated rings. The average Bonchev–Trinajstić information content (AvgIpc) is 3.45. The van der Waals surface area contributed by atoms with Gasteiger partial charge in [-0.1, -0.05) is 29.8 Å². The summed E-state index contributed by atoms with van der Waals surface area (Å²) in [4.78, 5) is 38.9. The minimum Gasteiger partial charge on any atom is -0.354 e. The van der Waals surface area contributed by atoms with E-state index in [-0.39, 0.29) is 28.0 Å². The summed E-state index contributed by atoms with van der Waals surface area (Å²) in [5.74, 6) is -1.85. The van der Waals surface area contributed by atoms with Crippen molar-refractivity contribution in [2.75, 3.05) is 12.4 Å². The van der Waals surface area contributed by atoms with Crippen LogP contribution >= 0.6 is 23.1 Å². The monoisotopic (exact) mass is 511 g/mol. The van der Waals surface area contributed by atoms with Gasteiger partial charge < -0.3 is 20.5 Å². The number of nitrogens with one attached hydrogen (secondary N) is 3. The third-order valence-corrected chi connectivity index (χ3v) is 7.14. The quantitative estimate of drug-likeness (QED) is 0.380. The Balaban J connectivity index is 1.68.